The van der Waals surface area contributed by atoms with E-state index in [-0.39, 0.29) is 42.0 Å². The lowest BCUT2D eigenvalue weighted by molar-refractivity contribution is -0.137. The second-order valence-electron chi connectivity index (χ2n) is 10.5. The third-order valence-corrected chi connectivity index (χ3v) is 7.96. The van der Waals surface area contributed by atoms with Gasteiger partial charge in [-0.25, -0.2) is 9.78 Å². The summed E-state index contributed by atoms with van der Waals surface area (Å²) in [6.07, 6.45) is 4.79. The van der Waals surface area contributed by atoms with Crippen molar-refractivity contribution in [1.29, 1.82) is 0 Å². The third kappa shape index (κ3) is 9.91. The first-order valence-electron chi connectivity index (χ1n) is 14.9. The zero-order valence-corrected chi connectivity index (χ0v) is 27.1. The summed E-state index contributed by atoms with van der Waals surface area (Å²) in [6.45, 7) is 5.69. The van der Waals surface area contributed by atoms with Crippen molar-refractivity contribution in [3.8, 4) is 5.75 Å². The molecule has 1 aromatic heterocycles. The molecule has 2 amide bonds. The summed E-state index contributed by atoms with van der Waals surface area (Å²) in [5.41, 5.74) is -0.363. The van der Waals surface area contributed by atoms with Gasteiger partial charge >= 0.3 is 12.1 Å². The number of carboxylic acid groups (broad SMARTS) is 1. The van der Waals surface area contributed by atoms with E-state index in [1.165, 1.54) is 22.4 Å². The number of aliphatic hydroxyl groups is 1. The lowest BCUT2D eigenvalue weighted by atomic mass is 10.1. The molecule has 0 aliphatic heterocycles. The molecule has 0 atom stereocenters. The van der Waals surface area contributed by atoms with E-state index in [9.17, 15) is 37.8 Å². The highest BCUT2D eigenvalue weighted by molar-refractivity contribution is 7.09. The lowest BCUT2D eigenvalue weighted by Crippen LogP contribution is -2.30. The maximum absolute atomic E-state index is 13.7. The fraction of sp³-hybridized carbons (Fsp3) is 0.167. The van der Waals surface area contributed by atoms with Crippen LogP contribution in [0.15, 0.2) is 131 Å². The Morgan fingerprint density at radius 2 is 1.80 bits per heavy atom. The molecule has 3 N–H and O–H groups in total. The Kier molecular flexibility index (Phi) is 12.1. The molecule has 0 fully saturated rings. The maximum atomic E-state index is 13.7. The number of carboxylic acids is 1. The Morgan fingerprint density at radius 3 is 2.43 bits per heavy atom. The van der Waals surface area contributed by atoms with Gasteiger partial charge in [-0.15, -0.1) is 11.3 Å². The molecule has 0 radical (unpaired) electrons. The van der Waals surface area contributed by atoms with Gasteiger partial charge in [0, 0.05) is 36.0 Å². The van der Waals surface area contributed by atoms with Gasteiger partial charge in [0.05, 0.1) is 17.7 Å². The van der Waals surface area contributed by atoms with E-state index < -0.39 is 35.3 Å². The first-order valence-corrected chi connectivity index (χ1v) is 15.8. The predicted octanol–water partition coefficient (Wildman–Crippen LogP) is 7.76. The van der Waals surface area contributed by atoms with Crippen LogP contribution in [0.1, 0.15) is 51.2 Å². The van der Waals surface area contributed by atoms with Crippen LogP contribution in [-0.2, 0) is 17.5 Å². The van der Waals surface area contributed by atoms with Gasteiger partial charge in [0.15, 0.2) is 0 Å². The van der Waals surface area contributed by atoms with Gasteiger partial charge in [0.1, 0.15) is 28.0 Å². The zero-order chi connectivity index (χ0) is 35.6. The molecule has 1 aliphatic rings. The second-order valence-corrected chi connectivity index (χ2v) is 11.4. The molecule has 0 unspecified atom stereocenters. The number of nitrogens with one attached hydrogen (secondary N) is 1. The van der Waals surface area contributed by atoms with Crippen molar-refractivity contribution in [1.82, 2.24) is 15.2 Å². The maximum Gasteiger partial charge on any atom is 0.416 e. The minimum absolute atomic E-state index is 0.0681. The van der Waals surface area contributed by atoms with Crippen LogP contribution in [0.5, 0.6) is 5.75 Å². The van der Waals surface area contributed by atoms with Gasteiger partial charge < -0.3 is 25.2 Å². The molecule has 0 bridgehead atoms. The summed E-state index contributed by atoms with van der Waals surface area (Å²) in [5.74, 6) is -1.69. The first-order chi connectivity index (χ1) is 23.4. The van der Waals surface area contributed by atoms with Gasteiger partial charge in [0.2, 0.25) is 0 Å². The molecule has 0 saturated heterocycles. The number of benzene rings is 2. The van der Waals surface area contributed by atoms with Crippen molar-refractivity contribution in [3.05, 3.63) is 153 Å². The van der Waals surface area contributed by atoms with E-state index >= 15 is 0 Å². The lowest BCUT2D eigenvalue weighted by Gasteiger charge is -2.24. The molecule has 4 rings (SSSR count). The molecule has 13 heteroatoms. The highest BCUT2D eigenvalue weighted by Gasteiger charge is 2.31. The molecular weight excluding hydrogens is 659 g/mol. The Morgan fingerprint density at radius 1 is 1.08 bits per heavy atom. The number of rotatable bonds is 13. The number of nitrogens with zero attached hydrogens (tertiary/aromatic N) is 2. The second kappa shape index (κ2) is 16.4. The number of aliphatic carboxylic acids is 1. The van der Waals surface area contributed by atoms with E-state index in [1.807, 2.05) is 37.3 Å². The fourth-order valence-corrected chi connectivity index (χ4v) is 5.22. The zero-order valence-electron chi connectivity index (χ0n) is 26.2. The summed E-state index contributed by atoms with van der Waals surface area (Å²) in [6, 6.07) is 13.0. The highest BCUT2D eigenvalue weighted by atomic mass is 32.1. The summed E-state index contributed by atoms with van der Waals surface area (Å²) >= 11 is 1.08. The monoisotopic (exact) mass is 691 g/mol. The van der Waals surface area contributed by atoms with Crippen molar-refractivity contribution in [2.75, 3.05) is 6.54 Å². The number of allylic oxidation sites excluding steroid dienone is 6. The normalized spacial score (nSPS) is 13.8. The molecule has 9 nitrogen and oxygen atoms in total. The Hall–Kier alpha value is -5.69. The van der Waals surface area contributed by atoms with E-state index in [2.05, 4.69) is 16.9 Å². The van der Waals surface area contributed by atoms with Gasteiger partial charge in [-0.1, -0.05) is 49.9 Å². The molecular formula is C36H32F3N3O6S. The first kappa shape index (κ1) is 36.2. The Balaban J connectivity index is 1.51. The summed E-state index contributed by atoms with van der Waals surface area (Å²) < 4.78 is 45.3. The number of aliphatic hydroxyl groups excluding tert-OH is 1. The Labute approximate surface area is 284 Å². The van der Waals surface area contributed by atoms with Gasteiger partial charge in [-0.05, 0) is 60.2 Å². The van der Waals surface area contributed by atoms with Crippen molar-refractivity contribution < 1.29 is 42.5 Å². The van der Waals surface area contributed by atoms with Crippen molar-refractivity contribution >= 4 is 29.1 Å². The van der Waals surface area contributed by atoms with Crippen LogP contribution in [-0.4, -0.2) is 44.4 Å². The number of halogens is 3. The topological polar surface area (TPSA) is 129 Å². The number of thiazole rings is 1. The molecule has 3 aromatic rings. The number of hydrogen-bond acceptors (Lipinski definition) is 7. The van der Waals surface area contributed by atoms with E-state index in [4.69, 9.17) is 4.74 Å². The van der Waals surface area contributed by atoms with Crippen LogP contribution in [0.25, 0.3) is 0 Å². The number of carbonyl (C=O) groups excluding carboxylic acids is 2. The van der Waals surface area contributed by atoms with E-state index in [0.717, 1.165) is 41.7 Å². The summed E-state index contributed by atoms with van der Waals surface area (Å²) in [5, 5.41) is 24.2. The quantitative estimate of drug-likeness (QED) is 0.123. The summed E-state index contributed by atoms with van der Waals surface area (Å²) in [4.78, 5) is 43.8. The largest absolute Gasteiger partial charge is 0.507 e. The fourth-order valence-electron chi connectivity index (χ4n) is 4.46. The molecule has 254 valence electrons. The average Bonchev–Trinajstić information content (AvgIpc) is 3.47. The van der Waals surface area contributed by atoms with Crippen LogP contribution in [0.2, 0.25) is 0 Å². The number of ether oxygens (including phenoxy) is 1. The van der Waals surface area contributed by atoms with Crippen LogP contribution in [0.3, 0.4) is 0 Å². The number of para-hydroxylation sites is 1. The van der Waals surface area contributed by atoms with Gasteiger partial charge in [-0.3, -0.25) is 9.59 Å². The highest BCUT2D eigenvalue weighted by Crippen LogP contribution is 2.30. The Bertz CT molecular complexity index is 1860. The van der Waals surface area contributed by atoms with Crippen LogP contribution >= 0.6 is 11.3 Å². The number of hydrogen-bond donors (Lipinski definition) is 3. The molecule has 0 spiro atoms. The van der Waals surface area contributed by atoms with Crippen molar-refractivity contribution in [2.45, 2.75) is 32.5 Å². The third-order valence-electron chi connectivity index (χ3n) is 7.12. The standard InChI is InChI=1S/C36H32F3N3O6S/c1-3-23(10-17-27(4-2)48-28-8-6-5-7-9-28)20-40-33(44)30-22-49-32(41-30)21-42(26-15-18-29(35(46)47)31(43)19-16-26)34(45)24-11-13-25(14-12-24)36(37,38)39/h3,5-14,16-19,22,43H,1,4,15,20-21H2,2H3,(H,40,44)(H,46,47)/b23-10+,27-17+. The molecule has 1 heterocycles. The molecule has 2 aromatic carbocycles. The number of carbonyl (C=O) groups is 3. The van der Waals surface area contributed by atoms with Crippen LogP contribution in [0, 0.1) is 0 Å². The van der Waals surface area contributed by atoms with Gasteiger partial charge in [0.25, 0.3) is 11.8 Å². The van der Waals surface area contributed by atoms with Crippen molar-refractivity contribution in [2.24, 2.45) is 0 Å². The predicted molar refractivity (Wildman–Crippen MR) is 179 cm³/mol. The van der Waals surface area contributed by atoms with E-state index in [0.29, 0.717) is 28.5 Å². The molecule has 1 aliphatic carbocycles. The van der Waals surface area contributed by atoms with Gasteiger partial charge in [-0.2, -0.15) is 13.2 Å². The minimum atomic E-state index is -4.60. The number of aromatic nitrogens is 1. The molecule has 49 heavy (non-hydrogen) atoms. The van der Waals surface area contributed by atoms with Crippen molar-refractivity contribution in [3.63, 3.8) is 0 Å². The number of amides is 2. The number of alkyl halides is 3. The smallest absolute Gasteiger partial charge is 0.416 e. The minimum Gasteiger partial charge on any atom is -0.507 e. The molecule has 0 saturated carbocycles. The SMILES string of the molecule is C=C/C(=C\C=C(/CC)Oc1ccccc1)CNC(=O)c1csc(CN(C(=O)c2ccc(C(F)(F)F)cc2)C2=CC=C(O)C(C(=O)O)=CC2)n1. The van der Waals surface area contributed by atoms with Crippen LogP contribution < -0.4 is 10.1 Å². The van der Waals surface area contributed by atoms with E-state index in [1.54, 1.807) is 18.2 Å². The van der Waals surface area contributed by atoms with Crippen LogP contribution in [0.4, 0.5) is 13.2 Å². The average molecular weight is 692 g/mol. The summed E-state index contributed by atoms with van der Waals surface area (Å²) in [7, 11) is 0.